The molecule has 1 fully saturated rings. The third kappa shape index (κ3) is 1.97. The van der Waals surface area contributed by atoms with Gasteiger partial charge in [0.1, 0.15) is 0 Å². The highest BCUT2D eigenvalue weighted by atomic mass is 35.5. The molecule has 0 bridgehead atoms. The van der Waals surface area contributed by atoms with Crippen molar-refractivity contribution >= 4 is 22.9 Å². The van der Waals surface area contributed by atoms with Crippen molar-refractivity contribution in [2.24, 2.45) is 5.92 Å². The molecule has 1 aromatic rings. The minimum atomic E-state index is 0.243. The topological polar surface area (TPSA) is 9.23 Å². The zero-order valence-electron chi connectivity index (χ0n) is 8.33. The maximum atomic E-state index is 5.97. The van der Waals surface area contributed by atoms with Gasteiger partial charge in [0.25, 0.3) is 0 Å². The number of hydrogen-bond donors (Lipinski definition) is 0. The summed E-state index contributed by atoms with van der Waals surface area (Å²) in [5.74, 6) is 1.21. The molecule has 0 amide bonds. The van der Waals surface area contributed by atoms with Crippen LogP contribution in [0.3, 0.4) is 0 Å². The number of ether oxygens (including phenoxy) is 1. The van der Waals surface area contributed by atoms with Crippen molar-refractivity contribution in [3.63, 3.8) is 0 Å². The van der Waals surface area contributed by atoms with Crippen LogP contribution >= 0.6 is 22.9 Å². The summed E-state index contributed by atoms with van der Waals surface area (Å²) in [4.78, 5) is 1.37. The lowest BCUT2D eigenvalue weighted by molar-refractivity contribution is -0.0208. The van der Waals surface area contributed by atoms with Crippen LogP contribution in [0, 0.1) is 12.8 Å². The van der Waals surface area contributed by atoms with Crippen LogP contribution in [0.25, 0.3) is 0 Å². The Hall–Kier alpha value is -0.0500. The van der Waals surface area contributed by atoms with Crippen LogP contribution < -0.4 is 0 Å². The molecular formula is C11H15ClOS. The predicted octanol–water partition coefficient (Wildman–Crippen LogP) is 3.76. The van der Waals surface area contributed by atoms with Gasteiger partial charge in [0.15, 0.2) is 0 Å². The average Bonchev–Trinajstić information content (AvgIpc) is 2.64. The van der Waals surface area contributed by atoms with Crippen molar-refractivity contribution in [1.82, 2.24) is 0 Å². The summed E-state index contributed by atoms with van der Waals surface area (Å²) in [5.41, 5.74) is 1.35. The molecule has 78 valence electrons. The van der Waals surface area contributed by atoms with Crippen LogP contribution in [0.4, 0.5) is 0 Å². The highest BCUT2D eigenvalue weighted by Gasteiger charge is 2.28. The van der Waals surface area contributed by atoms with Crippen molar-refractivity contribution < 1.29 is 4.74 Å². The Morgan fingerprint density at radius 2 is 2.50 bits per heavy atom. The smallest absolute Gasteiger partial charge is 0.0875 e. The summed E-state index contributed by atoms with van der Waals surface area (Å²) < 4.78 is 5.83. The minimum absolute atomic E-state index is 0.243. The van der Waals surface area contributed by atoms with Crippen molar-refractivity contribution in [2.45, 2.75) is 25.9 Å². The van der Waals surface area contributed by atoms with Gasteiger partial charge < -0.3 is 4.74 Å². The second kappa shape index (κ2) is 4.65. The lowest BCUT2D eigenvalue weighted by Gasteiger charge is -2.30. The molecule has 0 spiro atoms. The molecule has 1 aliphatic rings. The molecule has 14 heavy (non-hydrogen) atoms. The Labute approximate surface area is 94.0 Å². The van der Waals surface area contributed by atoms with E-state index in [2.05, 4.69) is 18.4 Å². The van der Waals surface area contributed by atoms with E-state index in [9.17, 15) is 0 Å². The van der Waals surface area contributed by atoms with Crippen LogP contribution in [-0.4, -0.2) is 12.5 Å². The Morgan fingerprint density at radius 1 is 1.64 bits per heavy atom. The fourth-order valence-electron chi connectivity index (χ4n) is 2.04. The van der Waals surface area contributed by atoms with Crippen molar-refractivity contribution in [3.05, 3.63) is 21.9 Å². The van der Waals surface area contributed by atoms with E-state index in [0.29, 0.717) is 11.8 Å². The lowest BCUT2D eigenvalue weighted by Crippen LogP contribution is -2.23. The van der Waals surface area contributed by atoms with Gasteiger partial charge >= 0.3 is 0 Å². The molecule has 3 heteroatoms. The standard InChI is InChI=1S/C11H15ClOS/c1-8-10(4-6-14-8)11-9(7-12)3-2-5-13-11/h4,6,9,11H,2-3,5,7H2,1H3. The molecule has 0 radical (unpaired) electrons. The van der Waals surface area contributed by atoms with Crippen LogP contribution in [0.2, 0.25) is 0 Å². The van der Waals surface area contributed by atoms with Gasteiger partial charge in [0.05, 0.1) is 6.10 Å². The molecule has 2 heterocycles. The van der Waals surface area contributed by atoms with Gasteiger partial charge in [-0.1, -0.05) is 0 Å². The Kier molecular flexibility index (Phi) is 3.47. The SMILES string of the molecule is Cc1sccc1C1OCCCC1CCl. The molecule has 0 saturated carbocycles. The van der Waals surface area contributed by atoms with E-state index in [1.165, 1.54) is 16.9 Å². The molecule has 0 aromatic carbocycles. The zero-order chi connectivity index (χ0) is 9.97. The summed E-state index contributed by atoms with van der Waals surface area (Å²) in [6, 6.07) is 2.18. The number of hydrogen-bond acceptors (Lipinski definition) is 2. The second-order valence-corrected chi connectivity index (χ2v) is 5.21. The normalized spacial score (nSPS) is 27.9. The van der Waals surface area contributed by atoms with Gasteiger partial charge in [-0.25, -0.2) is 0 Å². The van der Waals surface area contributed by atoms with Crippen LogP contribution in [-0.2, 0) is 4.74 Å². The number of thiophene rings is 1. The average molecular weight is 231 g/mol. The van der Waals surface area contributed by atoms with E-state index in [4.69, 9.17) is 16.3 Å². The van der Waals surface area contributed by atoms with E-state index in [1.54, 1.807) is 11.3 Å². The van der Waals surface area contributed by atoms with Crippen LogP contribution in [0.5, 0.6) is 0 Å². The molecule has 1 aliphatic heterocycles. The summed E-state index contributed by atoms with van der Waals surface area (Å²) in [5, 5.41) is 2.13. The number of rotatable bonds is 2. The third-order valence-corrected chi connectivity index (χ3v) is 4.11. The maximum Gasteiger partial charge on any atom is 0.0875 e. The van der Waals surface area contributed by atoms with Gasteiger partial charge in [-0.3, -0.25) is 0 Å². The molecule has 2 unspecified atom stereocenters. The van der Waals surface area contributed by atoms with E-state index in [-0.39, 0.29) is 6.10 Å². The van der Waals surface area contributed by atoms with Crippen molar-refractivity contribution in [3.8, 4) is 0 Å². The number of halogens is 1. The molecule has 1 nitrogen and oxygen atoms in total. The van der Waals surface area contributed by atoms with Gasteiger partial charge in [0, 0.05) is 23.3 Å². The van der Waals surface area contributed by atoms with E-state index < -0.39 is 0 Å². The largest absolute Gasteiger partial charge is 0.373 e. The summed E-state index contributed by atoms with van der Waals surface area (Å²) >= 11 is 7.76. The summed E-state index contributed by atoms with van der Waals surface area (Å²) in [7, 11) is 0. The number of aryl methyl sites for hydroxylation is 1. The van der Waals surface area contributed by atoms with Gasteiger partial charge in [0.2, 0.25) is 0 Å². The minimum Gasteiger partial charge on any atom is -0.373 e. The molecule has 1 saturated heterocycles. The molecule has 2 rings (SSSR count). The van der Waals surface area contributed by atoms with E-state index in [1.807, 2.05) is 0 Å². The first-order valence-corrected chi connectivity index (χ1v) is 6.46. The van der Waals surface area contributed by atoms with Crippen molar-refractivity contribution in [2.75, 3.05) is 12.5 Å². The highest BCUT2D eigenvalue weighted by Crippen LogP contribution is 2.37. The van der Waals surface area contributed by atoms with Gasteiger partial charge in [-0.2, -0.15) is 0 Å². The molecule has 0 aliphatic carbocycles. The molecule has 1 aromatic heterocycles. The van der Waals surface area contributed by atoms with E-state index >= 15 is 0 Å². The lowest BCUT2D eigenvalue weighted by atomic mass is 9.91. The Balaban J connectivity index is 2.19. The second-order valence-electron chi connectivity index (χ2n) is 3.78. The molecule has 0 N–H and O–H groups in total. The zero-order valence-corrected chi connectivity index (χ0v) is 9.90. The summed E-state index contributed by atoms with van der Waals surface area (Å²) in [6.07, 6.45) is 2.59. The fraction of sp³-hybridized carbons (Fsp3) is 0.636. The van der Waals surface area contributed by atoms with Crippen molar-refractivity contribution in [1.29, 1.82) is 0 Å². The monoisotopic (exact) mass is 230 g/mol. The van der Waals surface area contributed by atoms with E-state index in [0.717, 1.165) is 13.0 Å². The summed E-state index contributed by atoms with van der Waals surface area (Å²) in [6.45, 7) is 3.04. The Morgan fingerprint density at radius 3 is 3.14 bits per heavy atom. The highest BCUT2D eigenvalue weighted by molar-refractivity contribution is 7.10. The third-order valence-electron chi connectivity index (χ3n) is 2.85. The number of alkyl halides is 1. The van der Waals surface area contributed by atoms with Crippen LogP contribution in [0.15, 0.2) is 11.4 Å². The first-order valence-electron chi connectivity index (χ1n) is 5.04. The fourth-order valence-corrected chi connectivity index (χ4v) is 3.09. The molecule has 2 atom stereocenters. The van der Waals surface area contributed by atoms with Crippen LogP contribution in [0.1, 0.15) is 29.4 Å². The first kappa shape index (κ1) is 10.5. The van der Waals surface area contributed by atoms with Gasteiger partial charge in [-0.05, 0) is 36.8 Å². The quantitative estimate of drug-likeness (QED) is 0.703. The maximum absolute atomic E-state index is 5.97. The first-order chi connectivity index (χ1) is 6.83. The van der Waals surface area contributed by atoms with Gasteiger partial charge in [-0.15, -0.1) is 22.9 Å². The predicted molar refractivity (Wildman–Crippen MR) is 61.2 cm³/mol. The Bertz CT molecular complexity index is 297. The molecular weight excluding hydrogens is 216 g/mol.